The summed E-state index contributed by atoms with van der Waals surface area (Å²) in [6, 6.07) is 0. The van der Waals surface area contributed by atoms with Crippen LogP contribution in [-0.4, -0.2) is 0 Å². The summed E-state index contributed by atoms with van der Waals surface area (Å²) in [5.41, 5.74) is 0. The van der Waals surface area contributed by atoms with Gasteiger partial charge < -0.3 is 0 Å². The summed E-state index contributed by atoms with van der Waals surface area (Å²) in [7, 11) is 0. The number of rotatable bonds is 0. The third kappa shape index (κ3) is 218. The van der Waals surface area contributed by atoms with Crippen molar-refractivity contribution in [2.24, 2.45) is 0 Å². The average Bonchev–Trinajstić information content (AvgIpc) is 0.592. The van der Waals surface area contributed by atoms with Crippen LogP contribution in [0.5, 0.6) is 0 Å². The van der Waals surface area contributed by atoms with E-state index in [9.17, 15) is 21.3 Å². The van der Waals surface area contributed by atoms with Crippen LogP contribution in [0.4, 0.5) is 21.3 Å². The van der Waals surface area contributed by atoms with E-state index in [2.05, 4.69) is 0 Å². The molecule has 0 aliphatic rings. The molecule has 0 spiro atoms. The Morgan fingerprint density at radius 1 is 0.625 bits per heavy atom. The molecule has 8 heavy (non-hydrogen) atoms. The predicted molar refractivity (Wildman–Crippen MR) is 6.65 cm³/mol. The first-order valence-corrected chi connectivity index (χ1v) is 3.53. The Balaban J connectivity index is 0. The number of halogens is 6. The summed E-state index contributed by atoms with van der Waals surface area (Å²) >= 11 is -10.9. The summed E-state index contributed by atoms with van der Waals surface area (Å²) < 4.78 is 59.3. The van der Waals surface area contributed by atoms with E-state index in [1.165, 1.54) is 0 Å². The van der Waals surface area contributed by atoms with Gasteiger partial charge in [-0.05, 0) is 0 Å². The minimum atomic E-state index is -10.9. The summed E-state index contributed by atoms with van der Waals surface area (Å²) in [5.74, 6) is 0. The summed E-state index contributed by atoms with van der Waals surface area (Å²) in [6.07, 6.45) is 0. The zero-order valence-corrected chi connectivity index (χ0v) is 6.83. The van der Waals surface area contributed by atoms with Crippen molar-refractivity contribution in [2.75, 3.05) is 0 Å². The summed E-state index contributed by atoms with van der Waals surface area (Å²) in [6.45, 7) is 0. The van der Waals surface area contributed by atoms with Crippen molar-refractivity contribution in [1.29, 1.82) is 0 Å². The molecule has 0 unspecified atom stereocenters. The van der Waals surface area contributed by atoms with Gasteiger partial charge in [-0.15, -0.1) is 0 Å². The van der Waals surface area contributed by atoms with Crippen molar-refractivity contribution in [3.8, 4) is 0 Å². The summed E-state index contributed by atoms with van der Waals surface area (Å²) in [4.78, 5) is 0. The molecule has 0 aromatic carbocycles. The van der Waals surface area contributed by atoms with Crippen LogP contribution in [0.3, 0.4) is 0 Å². The van der Waals surface area contributed by atoms with Crippen LogP contribution >= 0.6 is 0 Å². The van der Waals surface area contributed by atoms with Gasteiger partial charge in [-0.1, -0.05) is 0 Å². The maximum atomic E-state index is 9.89. The van der Waals surface area contributed by atoms with Gasteiger partial charge in [-0.25, -0.2) is 0 Å². The molecular formula is F6MnNa. The van der Waals surface area contributed by atoms with Crippen LogP contribution in [0.25, 0.3) is 0 Å². The Labute approximate surface area is 64.2 Å². The first kappa shape index (κ1) is 11.8. The van der Waals surface area contributed by atoms with E-state index < -0.39 is 13.5 Å². The van der Waals surface area contributed by atoms with E-state index in [1.807, 2.05) is 0 Å². The van der Waals surface area contributed by atoms with E-state index in [4.69, 9.17) is 0 Å². The molecule has 0 heterocycles. The molecule has 0 aliphatic heterocycles. The number of hydrogen-bond donors (Lipinski definition) is 0. The molecule has 0 rings (SSSR count). The molecule has 0 fully saturated rings. The molecule has 0 saturated carbocycles. The molecule has 0 nitrogen and oxygen atoms in total. The fourth-order valence-electron chi connectivity index (χ4n) is 0. The van der Waals surface area contributed by atoms with Crippen molar-refractivity contribution in [1.82, 2.24) is 0 Å². The SMILES string of the molecule is [F][Mn-]([F])([F])([F])([F])[F].[Na+]. The predicted octanol–water partition coefficient (Wildman–Crippen LogP) is -0.477. The minimum absolute atomic E-state index is 0. The van der Waals surface area contributed by atoms with Gasteiger partial charge in [-0.3, -0.25) is 0 Å². The van der Waals surface area contributed by atoms with Gasteiger partial charge in [0.25, 0.3) is 0 Å². The van der Waals surface area contributed by atoms with Crippen molar-refractivity contribution in [3.05, 3.63) is 0 Å². The molecule has 0 radical (unpaired) electrons. The van der Waals surface area contributed by atoms with E-state index in [1.54, 1.807) is 0 Å². The third-order valence-corrected chi connectivity index (χ3v) is 0. The van der Waals surface area contributed by atoms with Crippen LogP contribution in [0.15, 0.2) is 0 Å². The third-order valence-electron chi connectivity index (χ3n) is 0. The number of hydrogen-bond acceptors (Lipinski definition) is 0. The van der Waals surface area contributed by atoms with Gasteiger partial charge in [-0.2, -0.15) is 0 Å². The molecule has 0 N–H and O–H groups in total. The Morgan fingerprint density at radius 3 is 0.625 bits per heavy atom. The largest absolute Gasteiger partial charge is 1.00 e. The molecule has 8 heteroatoms. The zero-order chi connectivity index (χ0) is 6.41. The van der Waals surface area contributed by atoms with Crippen molar-refractivity contribution in [2.45, 2.75) is 0 Å². The molecule has 0 aromatic rings. The van der Waals surface area contributed by atoms with Crippen LogP contribution in [-0.2, 0) is 13.5 Å². The second-order valence-corrected chi connectivity index (χ2v) is 3.34. The van der Waals surface area contributed by atoms with E-state index >= 15 is 0 Å². The smallest absolute Gasteiger partial charge is 1.00 e. The van der Waals surface area contributed by atoms with Crippen molar-refractivity contribution in [3.63, 3.8) is 0 Å². The zero-order valence-electron chi connectivity index (χ0n) is 3.65. The van der Waals surface area contributed by atoms with E-state index in [0.29, 0.717) is 0 Å². The van der Waals surface area contributed by atoms with Gasteiger partial charge in [0.15, 0.2) is 0 Å². The standard InChI is InChI=1S/6FH.Mn.Na/h6*1H;;/q;;;;;;+5;+1/p-6. The van der Waals surface area contributed by atoms with Crippen molar-refractivity contribution >= 4 is 0 Å². The maximum absolute atomic E-state index is 10.9. The first-order valence-electron chi connectivity index (χ1n) is 0.857. The molecule has 0 amide bonds. The van der Waals surface area contributed by atoms with Crippen LogP contribution in [0.1, 0.15) is 0 Å². The van der Waals surface area contributed by atoms with Crippen molar-refractivity contribution < 1.29 is 64.3 Å². The molecule has 0 atom stereocenters. The maximum Gasteiger partial charge on any atom is 1.00 e. The topological polar surface area (TPSA) is 0 Å². The monoisotopic (exact) mass is 192 g/mol. The van der Waals surface area contributed by atoms with Gasteiger partial charge in [0.2, 0.25) is 0 Å². The molecule has 0 aliphatic carbocycles. The van der Waals surface area contributed by atoms with Gasteiger partial charge in [0.05, 0.1) is 0 Å². The Kier molecular flexibility index (Phi) is 2.33. The Hall–Kier alpha value is 1.10. The quantitative estimate of drug-likeness (QED) is 0.359. The van der Waals surface area contributed by atoms with Crippen LogP contribution < -0.4 is 29.6 Å². The van der Waals surface area contributed by atoms with E-state index in [-0.39, 0.29) is 29.6 Å². The molecule has 50 valence electrons. The van der Waals surface area contributed by atoms with Gasteiger partial charge in [0.1, 0.15) is 0 Å². The van der Waals surface area contributed by atoms with Gasteiger partial charge in [0, 0.05) is 0 Å². The second kappa shape index (κ2) is 1.58. The minimum Gasteiger partial charge on any atom is 1.00 e. The molecular weight excluding hydrogens is 192 g/mol. The fourth-order valence-corrected chi connectivity index (χ4v) is 0. The van der Waals surface area contributed by atoms with Crippen LogP contribution in [0, 0.1) is 0 Å². The Bertz CT molecular complexity index is 67.1. The normalized spacial score (nSPS) is 20.2. The Morgan fingerprint density at radius 2 is 0.625 bits per heavy atom. The summed E-state index contributed by atoms with van der Waals surface area (Å²) in [5, 5.41) is 0. The van der Waals surface area contributed by atoms with Gasteiger partial charge >= 0.3 is 64.3 Å². The average molecular weight is 192 g/mol. The van der Waals surface area contributed by atoms with E-state index in [0.717, 1.165) is 0 Å². The second-order valence-electron chi connectivity index (χ2n) is 0.810. The fraction of sp³-hybridized carbons (Fsp3) is 0. The molecule has 0 bridgehead atoms. The first-order chi connectivity index (χ1) is 2.45. The molecule has 0 aromatic heterocycles. The molecule has 0 saturated heterocycles. The van der Waals surface area contributed by atoms with Crippen LogP contribution in [0.2, 0.25) is 0 Å².